The second-order valence-corrected chi connectivity index (χ2v) is 6.01. The van der Waals surface area contributed by atoms with E-state index in [9.17, 15) is 18.0 Å². The molecule has 1 atom stereocenters. The zero-order valence-corrected chi connectivity index (χ0v) is 15.0. The van der Waals surface area contributed by atoms with Crippen LogP contribution in [0.25, 0.3) is 11.0 Å². The van der Waals surface area contributed by atoms with Crippen LogP contribution in [0.15, 0.2) is 47.0 Å². The van der Waals surface area contributed by atoms with Crippen LogP contribution in [0.4, 0.5) is 13.2 Å². The van der Waals surface area contributed by atoms with Crippen molar-refractivity contribution in [3.05, 3.63) is 53.9 Å². The molecule has 148 valence electrons. The number of rotatable bonds is 6. The molecule has 0 bridgehead atoms. The Morgan fingerprint density at radius 2 is 2.07 bits per heavy atom. The van der Waals surface area contributed by atoms with E-state index in [1.807, 2.05) is 12.1 Å². The van der Waals surface area contributed by atoms with Gasteiger partial charge < -0.3 is 19.2 Å². The minimum Gasteiger partial charge on any atom is -0.493 e. The number of para-hydroxylation sites is 1. The number of pyridine rings is 1. The topological polar surface area (TPSA) is 73.6 Å². The number of carbonyl (C=O) groups excluding carboxylic acids is 1. The number of aromatic nitrogens is 1. The number of hydrogen-bond acceptors (Lipinski definition) is 5. The van der Waals surface area contributed by atoms with Crippen molar-refractivity contribution in [1.29, 1.82) is 0 Å². The van der Waals surface area contributed by atoms with Crippen molar-refractivity contribution in [1.82, 2.24) is 10.3 Å². The third-order valence-electron chi connectivity index (χ3n) is 3.90. The molecule has 3 aromatic rings. The standard InChI is InChI=1S/C19H17F3N2O4/c1-11(15-8-12-4-3-5-14(26-2)17(12)28-15)24-18(25)13-6-7-16(23-9-13)27-10-19(20,21)22/h3-9,11H,10H2,1-2H3,(H,24,25). The third-order valence-corrected chi connectivity index (χ3v) is 3.90. The summed E-state index contributed by atoms with van der Waals surface area (Å²) < 4.78 is 52.0. The molecule has 3 rings (SSSR count). The lowest BCUT2D eigenvalue weighted by Crippen LogP contribution is -2.26. The maximum Gasteiger partial charge on any atom is 0.422 e. The van der Waals surface area contributed by atoms with Crippen LogP contribution in [0.2, 0.25) is 0 Å². The van der Waals surface area contributed by atoms with E-state index in [-0.39, 0.29) is 11.4 Å². The second kappa shape index (κ2) is 7.79. The molecule has 2 heterocycles. The molecule has 0 aliphatic heterocycles. The molecule has 0 aliphatic rings. The van der Waals surface area contributed by atoms with E-state index >= 15 is 0 Å². The fraction of sp³-hybridized carbons (Fsp3) is 0.263. The van der Waals surface area contributed by atoms with Gasteiger partial charge in [0, 0.05) is 17.6 Å². The number of ether oxygens (including phenoxy) is 2. The summed E-state index contributed by atoms with van der Waals surface area (Å²) in [6, 6.07) is 9.36. The van der Waals surface area contributed by atoms with Crippen LogP contribution in [-0.4, -0.2) is 30.8 Å². The quantitative estimate of drug-likeness (QED) is 0.676. The number of nitrogens with one attached hydrogen (secondary N) is 1. The van der Waals surface area contributed by atoms with Gasteiger partial charge in [-0.2, -0.15) is 13.2 Å². The van der Waals surface area contributed by atoms with Gasteiger partial charge in [-0.1, -0.05) is 12.1 Å². The normalized spacial score (nSPS) is 12.6. The van der Waals surface area contributed by atoms with Gasteiger partial charge in [-0.05, 0) is 25.1 Å². The molecule has 6 nitrogen and oxygen atoms in total. The molecule has 0 saturated carbocycles. The van der Waals surface area contributed by atoms with Crippen molar-refractivity contribution in [3.8, 4) is 11.6 Å². The molecule has 1 N–H and O–H groups in total. The minimum atomic E-state index is -4.46. The van der Waals surface area contributed by atoms with Gasteiger partial charge in [-0.3, -0.25) is 4.79 Å². The molecule has 1 amide bonds. The summed E-state index contributed by atoms with van der Waals surface area (Å²) in [5.41, 5.74) is 0.758. The monoisotopic (exact) mass is 394 g/mol. The summed E-state index contributed by atoms with van der Waals surface area (Å²) in [4.78, 5) is 16.1. The molecular formula is C19H17F3N2O4. The van der Waals surface area contributed by atoms with Crippen molar-refractivity contribution in [2.75, 3.05) is 13.7 Å². The van der Waals surface area contributed by atoms with Crippen LogP contribution >= 0.6 is 0 Å². The van der Waals surface area contributed by atoms with Crippen molar-refractivity contribution >= 4 is 16.9 Å². The highest BCUT2D eigenvalue weighted by Gasteiger charge is 2.28. The van der Waals surface area contributed by atoms with Gasteiger partial charge in [0.1, 0.15) is 5.76 Å². The first-order chi connectivity index (χ1) is 13.3. The highest BCUT2D eigenvalue weighted by atomic mass is 19.4. The van der Waals surface area contributed by atoms with Gasteiger partial charge in [0.05, 0.1) is 18.7 Å². The molecular weight excluding hydrogens is 377 g/mol. The Labute approximate surface area is 158 Å². The number of methoxy groups -OCH3 is 1. The number of nitrogens with zero attached hydrogens (tertiary/aromatic N) is 1. The molecule has 0 fully saturated rings. The van der Waals surface area contributed by atoms with Crippen LogP contribution in [-0.2, 0) is 0 Å². The van der Waals surface area contributed by atoms with Gasteiger partial charge in [0.25, 0.3) is 5.91 Å². The summed E-state index contributed by atoms with van der Waals surface area (Å²) in [6.45, 7) is 0.300. The Bertz CT molecular complexity index is 967. The Balaban J connectivity index is 1.67. The summed E-state index contributed by atoms with van der Waals surface area (Å²) >= 11 is 0. The number of furan rings is 1. The van der Waals surface area contributed by atoms with Crippen molar-refractivity contribution in [3.63, 3.8) is 0 Å². The zero-order valence-electron chi connectivity index (χ0n) is 15.0. The number of benzene rings is 1. The van der Waals surface area contributed by atoms with Crippen LogP contribution < -0.4 is 14.8 Å². The molecule has 9 heteroatoms. The van der Waals surface area contributed by atoms with Gasteiger partial charge in [0.2, 0.25) is 5.88 Å². The second-order valence-electron chi connectivity index (χ2n) is 6.01. The van der Waals surface area contributed by atoms with Crippen molar-refractivity contribution in [2.24, 2.45) is 0 Å². The van der Waals surface area contributed by atoms with Gasteiger partial charge in [0.15, 0.2) is 17.9 Å². The van der Waals surface area contributed by atoms with Crippen molar-refractivity contribution < 1.29 is 31.9 Å². The fourth-order valence-corrected chi connectivity index (χ4v) is 2.54. The number of carbonyl (C=O) groups is 1. The Morgan fingerprint density at radius 1 is 1.29 bits per heavy atom. The lowest BCUT2D eigenvalue weighted by atomic mass is 10.2. The first-order valence-corrected chi connectivity index (χ1v) is 8.30. The molecule has 0 aliphatic carbocycles. The van der Waals surface area contributed by atoms with E-state index < -0.39 is 24.7 Å². The first-order valence-electron chi connectivity index (χ1n) is 8.30. The first kappa shape index (κ1) is 19.5. The van der Waals surface area contributed by atoms with Crippen LogP contribution in [0, 0.1) is 0 Å². The average Bonchev–Trinajstić information content (AvgIpc) is 3.10. The van der Waals surface area contributed by atoms with E-state index in [2.05, 4.69) is 15.0 Å². The van der Waals surface area contributed by atoms with E-state index in [1.54, 1.807) is 19.1 Å². The Morgan fingerprint density at radius 3 is 2.71 bits per heavy atom. The fourth-order valence-electron chi connectivity index (χ4n) is 2.54. The number of alkyl halides is 3. The highest BCUT2D eigenvalue weighted by Crippen LogP contribution is 2.31. The van der Waals surface area contributed by atoms with Gasteiger partial charge in [-0.15, -0.1) is 0 Å². The summed E-state index contributed by atoms with van der Waals surface area (Å²) in [7, 11) is 1.54. The number of fused-ring (bicyclic) bond motifs is 1. The van der Waals surface area contributed by atoms with Gasteiger partial charge >= 0.3 is 6.18 Å². The largest absolute Gasteiger partial charge is 0.493 e. The highest BCUT2D eigenvalue weighted by molar-refractivity contribution is 5.94. The number of hydrogen-bond donors (Lipinski definition) is 1. The summed E-state index contributed by atoms with van der Waals surface area (Å²) in [5, 5.41) is 3.59. The average molecular weight is 394 g/mol. The van der Waals surface area contributed by atoms with E-state index in [0.717, 1.165) is 11.6 Å². The lowest BCUT2D eigenvalue weighted by molar-refractivity contribution is -0.154. The molecule has 1 unspecified atom stereocenters. The number of amides is 1. The summed E-state index contributed by atoms with van der Waals surface area (Å²) in [5.74, 6) is 0.452. The Kier molecular flexibility index (Phi) is 5.43. The predicted molar refractivity (Wildman–Crippen MR) is 94.4 cm³/mol. The van der Waals surface area contributed by atoms with Crippen LogP contribution in [0.3, 0.4) is 0 Å². The Hall–Kier alpha value is -3.23. The maximum atomic E-state index is 12.4. The smallest absolute Gasteiger partial charge is 0.422 e. The predicted octanol–water partition coefficient (Wildman–Crippen LogP) is 4.27. The van der Waals surface area contributed by atoms with Crippen LogP contribution in [0.5, 0.6) is 11.6 Å². The summed E-state index contributed by atoms with van der Waals surface area (Å²) in [6.07, 6.45) is -3.31. The number of halogens is 3. The van der Waals surface area contributed by atoms with E-state index in [0.29, 0.717) is 17.1 Å². The molecule has 1 aromatic carbocycles. The van der Waals surface area contributed by atoms with E-state index in [1.165, 1.54) is 19.2 Å². The molecule has 0 radical (unpaired) electrons. The molecule has 2 aromatic heterocycles. The SMILES string of the molecule is COc1cccc2cc(C(C)NC(=O)c3ccc(OCC(F)(F)F)nc3)oc12. The third kappa shape index (κ3) is 4.54. The molecule has 0 saturated heterocycles. The zero-order chi connectivity index (χ0) is 20.3. The van der Waals surface area contributed by atoms with Gasteiger partial charge in [-0.25, -0.2) is 4.98 Å². The van der Waals surface area contributed by atoms with Crippen molar-refractivity contribution in [2.45, 2.75) is 19.1 Å². The molecule has 28 heavy (non-hydrogen) atoms. The lowest BCUT2D eigenvalue weighted by Gasteiger charge is -2.12. The molecule has 0 spiro atoms. The maximum absolute atomic E-state index is 12.4. The van der Waals surface area contributed by atoms with Crippen LogP contribution in [0.1, 0.15) is 29.1 Å². The van der Waals surface area contributed by atoms with E-state index in [4.69, 9.17) is 9.15 Å². The minimum absolute atomic E-state index is 0.180.